The van der Waals surface area contributed by atoms with Crippen LogP contribution in [0.4, 0.5) is 0 Å². The summed E-state index contributed by atoms with van der Waals surface area (Å²) in [5, 5.41) is 8.52. The summed E-state index contributed by atoms with van der Waals surface area (Å²) in [6.07, 6.45) is 2.97. The average molecular weight is 142 g/mol. The van der Waals surface area contributed by atoms with Crippen molar-refractivity contribution in [3.8, 4) is 0 Å². The number of hydrogen-bond donors (Lipinski definition) is 3. The van der Waals surface area contributed by atoms with Crippen molar-refractivity contribution in [2.45, 2.75) is 13.8 Å². The van der Waals surface area contributed by atoms with Crippen LogP contribution in [0.25, 0.3) is 0 Å². The summed E-state index contributed by atoms with van der Waals surface area (Å²) in [7, 11) is 0. The Kier molecular flexibility index (Phi) is 3.39. The molecule has 0 aliphatic carbocycles. The molecular weight excluding hydrogens is 128 g/mol. The number of allylic oxidation sites excluding steroid dienone is 3. The molecule has 0 unspecified atom stereocenters. The highest BCUT2D eigenvalue weighted by Gasteiger charge is 1.93. The Morgan fingerprint density at radius 3 is 2.10 bits per heavy atom. The van der Waals surface area contributed by atoms with Crippen LogP contribution in [0.5, 0.6) is 0 Å². The van der Waals surface area contributed by atoms with E-state index in [1.807, 2.05) is 13.8 Å². The smallest absolute Gasteiger partial charge is 0.181 e. The Hall–Kier alpha value is -1.12. The third-order valence-electron chi connectivity index (χ3n) is 1.11. The van der Waals surface area contributed by atoms with Crippen molar-refractivity contribution in [2.24, 2.45) is 17.4 Å². The molecule has 10 heavy (non-hydrogen) atoms. The maximum atomic E-state index is 8.52. The SMILES string of the molecule is CC(C)/C(N)=C/C=C(\N)O. The number of aliphatic hydroxyl groups is 1. The van der Waals surface area contributed by atoms with Crippen LogP contribution in [0.3, 0.4) is 0 Å². The minimum atomic E-state index is -0.219. The third kappa shape index (κ3) is 3.83. The molecule has 0 radical (unpaired) electrons. The molecule has 58 valence electrons. The van der Waals surface area contributed by atoms with E-state index in [1.165, 1.54) is 6.08 Å². The summed E-state index contributed by atoms with van der Waals surface area (Å²) < 4.78 is 0. The van der Waals surface area contributed by atoms with Crippen molar-refractivity contribution in [1.29, 1.82) is 0 Å². The molecule has 5 N–H and O–H groups in total. The van der Waals surface area contributed by atoms with Crippen LogP contribution < -0.4 is 11.5 Å². The molecule has 0 rings (SSSR count). The first-order valence-corrected chi connectivity index (χ1v) is 3.16. The predicted octanol–water partition coefficient (Wildman–Crippen LogP) is 0.843. The van der Waals surface area contributed by atoms with Crippen LogP contribution in [-0.4, -0.2) is 5.11 Å². The molecule has 0 saturated heterocycles. The first kappa shape index (κ1) is 8.88. The topological polar surface area (TPSA) is 72.3 Å². The van der Waals surface area contributed by atoms with E-state index < -0.39 is 0 Å². The first-order valence-electron chi connectivity index (χ1n) is 3.16. The molecule has 0 spiro atoms. The van der Waals surface area contributed by atoms with Crippen LogP contribution in [-0.2, 0) is 0 Å². The molecule has 3 heteroatoms. The zero-order valence-electron chi connectivity index (χ0n) is 6.33. The summed E-state index contributed by atoms with van der Waals surface area (Å²) in [5.41, 5.74) is 11.2. The van der Waals surface area contributed by atoms with Gasteiger partial charge in [-0.3, -0.25) is 0 Å². The van der Waals surface area contributed by atoms with E-state index in [2.05, 4.69) is 0 Å². The predicted molar refractivity (Wildman–Crippen MR) is 42.0 cm³/mol. The zero-order valence-corrected chi connectivity index (χ0v) is 6.33. The van der Waals surface area contributed by atoms with Crippen LogP contribution >= 0.6 is 0 Å². The van der Waals surface area contributed by atoms with Gasteiger partial charge in [-0.15, -0.1) is 0 Å². The molecule has 0 atom stereocenters. The Morgan fingerprint density at radius 1 is 1.30 bits per heavy atom. The van der Waals surface area contributed by atoms with E-state index in [-0.39, 0.29) is 11.8 Å². The van der Waals surface area contributed by atoms with E-state index in [1.54, 1.807) is 6.08 Å². The van der Waals surface area contributed by atoms with Crippen molar-refractivity contribution in [3.05, 3.63) is 23.7 Å². The minimum Gasteiger partial charge on any atom is -0.495 e. The van der Waals surface area contributed by atoms with E-state index in [0.29, 0.717) is 5.70 Å². The van der Waals surface area contributed by atoms with Gasteiger partial charge in [-0.05, 0) is 18.1 Å². The van der Waals surface area contributed by atoms with Crippen molar-refractivity contribution < 1.29 is 5.11 Å². The lowest BCUT2D eigenvalue weighted by atomic mass is 10.1. The summed E-state index contributed by atoms with van der Waals surface area (Å²) in [6, 6.07) is 0. The number of aliphatic hydroxyl groups excluding tert-OH is 1. The van der Waals surface area contributed by atoms with E-state index in [4.69, 9.17) is 16.6 Å². The highest BCUT2D eigenvalue weighted by molar-refractivity contribution is 5.11. The highest BCUT2D eigenvalue weighted by Crippen LogP contribution is 2.01. The van der Waals surface area contributed by atoms with Gasteiger partial charge in [0.05, 0.1) is 0 Å². The zero-order chi connectivity index (χ0) is 8.15. The second-order valence-electron chi connectivity index (χ2n) is 2.41. The lowest BCUT2D eigenvalue weighted by molar-refractivity contribution is 0.406. The van der Waals surface area contributed by atoms with Crippen LogP contribution in [0.1, 0.15) is 13.8 Å². The van der Waals surface area contributed by atoms with Gasteiger partial charge in [0.15, 0.2) is 5.88 Å². The van der Waals surface area contributed by atoms with Gasteiger partial charge in [0.25, 0.3) is 0 Å². The molecule has 3 nitrogen and oxygen atoms in total. The number of nitrogens with two attached hydrogens (primary N) is 2. The summed E-state index contributed by atoms with van der Waals surface area (Å²) in [4.78, 5) is 0. The second-order valence-corrected chi connectivity index (χ2v) is 2.41. The van der Waals surface area contributed by atoms with E-state index in [0.717, 1.165) is 0 Å². The van der Waals surface area contributed by atoms with Crippen molar-refractivity contribution in [3.63, 3.8) is 0 Å². The molecule has 0 fully saturated rings. The molecule has 0 amide bonds. The second kappa shape index (κ2) is 3.82. The molecule has 0 heterocycles. The van der Waals surface area contributed by atoms with Gasteiger partial charge in [-0.2, -0.15) is 0 Å². The number of hydrogen-bond acceptors (Lipinski definition) is 3. The fourth-order valence-corrected chi connectivity index (χ4v) is 0.374. The summed E-state index contributed by atoms with van der Waals surface area (Å²) in [5.74, 6) is 0.0687. The summed E-state index contributed by atoms with van der Waals surface area (Å²) in [6.45, 7) is 3.93. The molecule has 0 bridgehead atoms. The van der Waals surface area contributed by atoms with Crippen LogP contribution in [0, 0.1) is 5.92 Å². The van der Waals surface area contributed by atoms with Crippen molar-refractivity contribution in [1.82, 2.24) is 0 Å². The largest absolute Gasteiger partial charge is 0.495 e. The molecule has 0 saturated carbocycles. The molecule has 0 aromatic heterocycles. The quantitative estimate of drug-likeness (QED) is 0.395. The maximum Gasteiger partial charge on any atom is 0.181 e. The van der Waals surface area contributed by atoms with Gasteiger partial charge in [-0.1, -0.05) is 13.8 Å². The van der Waals surface area contributed by atoms with Gasteiger partial charge in [0, 0.05) is 5.70 Å². The van der Waals surface area contributed by atoms with Gasteiger partial charge >= 0.3 is 0 Å². The third-order valence-corrected chi connectivity index (χ3v) is 1.11. The van der Waals surface area contributed by atoms with Crippen LogP contribution in [0.15, 0.2) is 23.7 Å². The first-order chi connectivity index (χ1) is 4.54. The van der Waals surface area contributed by atoms with Gasteiger partial charge in [0.1, 0.15) is 0 Å². The van der Waals surface area contributed by atoms with Gasteiger partial charge in [0.2, 0.25) is 0 Å². The fraction of sp³-hybridized carbons (Fsp3) is 0.429. The molecular formula is C7H14N2O. The minimum absolute atomic E-state index is 0.219. The van der Waals surface area contributed by atoms with Crippen molar-refractivity contribution in [2.75, 3.05) is 0 Å². The fourth-order valence-electron chi connectivity index (χ4n) is 0.374. The molecule has 0 aromatic rings. The normalized spacial score (nSPS) is 14.3. The molecule has 0 aromatic carbocycles. The Morgan fingerprint density at radius 2 is 1.80 bits per heavy atom. The monoisotopic (exact) mass is 142 g/mol. The van der Waals surface area contributed by atoms with Crippen LogP contribution in [0.2, 0.25) is 0 Å². The van der Waals surface area contributed by atoms with E-state index in [9.17, 15) is 0 Å². The Bertz CT molecular complexity index is 155. The molecule has 0 aliphatic rings. The summed E-state index contributed by atoms with van der Waals surface area (Å²) >= 11 is 0. The highest BCUT2D eigenvalue weighted by atomic mass is 16.3. The van der Waals surface area contributed by atoms with Crippen molar-refractivity contribution >= 4 is 0 Å². The lowest BCUT2D eigenvalue weighted by Crippen LogP contribution is -2.04. The van der Waals surface area contributed by atoms with Gasteiger partial charge < -0.3 is 16.6 Å². The number of rotatable bonds is 2. The maximum absolute atomic E-state index is 8.52. The Balaban J connectivity index is 4.05. The Labute approximate surface area is 61.0 Å². The van der Waals surface area contributed by atoms with Gasteiger partial charge in [-0.25, -0.2) is 0 Å². The standard InChI is InChI=1S/C7H14N2O/c1-5(2)6(8)3-4-7(9)10/h3-5,10H,8-9H2,1-2H3/b6-3-,7-4+. The average Bonchev–Trinajstić information content (AvgIpc) is 1.82. The van der Waals surface area contributed by atoms with E-state index >= 15 is 0 Å². The lowest BCUT2D eigenvalue weighted by Gasteiger charge is -2.01. The molecule has 0 aliphatic heterocycles.